The van der Waals surface area contributed by atoms with Crippen LogP contribution in [0.3, 0.4) is 0 Å². The van der Waals surface area contributed by atoms with E-state index in [1.54, 1.807) is 11.3 Å². The third kappa shape index (κ3) is 3.26. The predicted octanol–water partition coefficient (Wildman–Crippen LogP) is 2.27. The smallest absolute Gasteiger partial charge is 0.0897 e. The number of rotatable bonds is 3. The third-order valence-corrected chi connectivity index (χ3v) is 3.66. The standard InChI is InChI=1S/C11H17NO2S/c1-8-12-6-11(15-8)7-14-10-4-2-9(13)3-5-10/h6,9-10,13H,2-5,7H2,1H3. The first-order valence-electron chi connectivity index (χ1n) is 5.45. The molecule has 1 aromatic heterocycles. The number of thiazole rings is 1. The molecular weight excluding hydrogens is 210 g/mol. The molecule has 0 bridgehead atoms. The van der Waals surface area contributed by atoms with Crippen LogP contribution in [0.2, 0.25) is 0 Å². The lowest BCUT2D eigenvalue weighted by molar-refractivity contribution is -0.0109. The zero-order valence-corrected chi connectivity index (χ0v) is 9.80. The van der Waals surface area contributed by atoms with Crippen LogP contribution in [0.4, 0.5) is 0 Å². The summed E-state index contributed by atoms with van der Waals surface area (Å²) >= 11 is 1.69. The van der Waals surface area contributed by atoms with E-state index in [-0.39, 0.29) is 6.10 Å². The molecule has 1 saturated carbocycles. The van der Waals surface area contributed by atoms with Gasteiger partial charge in [-0.25, -0.2) is 4.98 Å². The lowest BCUT2D eigenvalue weighted by atomic mass is 9.95. The Morgan fingerprint density at radius 2 is 2.20 bits per heavy atom. The lowest BCUT2D eigenvalue weighted by Crippen LogP contribution is -2.24. The molecule has 1 N–H and O–H groups in total. The Hall–Kier alpha value is -0.450. The maximum Gasteiger partial charge on any atom is 0.0897 e. The predicted molar refractivity (Wildman–Crippen MR) is 59.9 cm³/mol. The van der Waals surface area contributed by atoms with Gasteiger partial charge in [0.1, 0.15) is 0 Å². The summed E-state index contributed by atoms with van der Waals surface area (Å²) in [6.45, 7) is 2.68. The van der Waals surface area contributed by atoms with Crippen molar-refractivity contribution < 1.29 is 9.84 Å². The van der Waals surface area contributed by atoms with Crippen molar-refractivity contribution in [1.82, 2.24) is 4.98 Å². The fourth-order valence-corrected chi connectivity index (χ4v) is 2.60. The summed E-state index contributed by atoms with van der Waals surface area (Å²) in [5.74, 6) is 0. The van der Waals surface area contributed by atoms with Gasteiger partial charge >= 0.3 is 0 Å². The Morgan fingerprint density at radius 3 is 2.80 bits per heavy atom. The molecule has 1 heterocycles. The van der Waals surface area contributed by atoms with Gasteiger partial charge in [0.15, 0.2) is 0 Å². The van der Waals surface area contributed by atoms with Gasteiger partial charge in [0.2, 0.25) is 0 Å². The summed E-state index contributed by atoms with van der Waals surface area (Å²) in [6, 6.07) is 0. The highest BCUT2D eigenvalue weighted by Gasteiger charge is 2.19. The van der Waals surface area contributed by atoms with Crippen LogP contribution >= 0.6 is 11.3 Å². The number of ether oxygens (including phenoxy) is 1. The summed E-state index contributed by atoms with van der Waals surface area (Å²) in [7, 11) is 0. The molecule has 15 heavy (non-hydrogen) atoms. The molecule has 0 saturated heterocycles. The Balaban J connectivity index is 1.74. The largest absolute Gasteiger partial charge is 0.393 e. The molecule has 0 aliphatic heterocycles. The average Bonchev–Trinajstić information content (AvgIpc) is 2.64. The second-order valence-corrected chi connectivity index (χ2v) is 5.41. The number of nitrogens with zero attached hydrogens (tertiary/aromatic N) is 1. The molecule has 1 aromatic rings. The zero-order valence-electron chi connectivity index (χ0n) is 8.98. The minimum Gasteiger partial charge on any atom is -0.393 e. The molecular formula is C11H17NO2S. The van der Waals surface area contributed by atoms with Crippen LogP contribution in [-0.2, 0) is 11.3 Å². The fourth-order valence-electron chi connectivity index (χ4n) is 1.88. The zero-order chi connectivity index (χ0) is 10.7. The Labute approximate surface area is 94.1 Å². The molecule has 0 spiro atoms. The van der Waals surface area contributed by atoms with E-state index in [1.165, 1.54) is 4.88 Å². The van der Waals surface area contributed by atoms with Crippen molar-refractivity contribution in [3.8, 4) is 0 Å². The molecule has 84 valence electrons. The first-order chi connectivity index (χ1) is 7.24. The second kappa shape index (κ2) is 5.05. The average molecular weight is 227 g/mol. The van der Waals surface area contributed by atoms with E-state index in [2.05, 4.69) is 4.98 Å². The molecule has 0 amide bonds. The third-order valence-electron chi connectivity index (χ3n) is 2.77. The molecule has 0 unspecified atom stereocenters. The van der Waals surface area contributed by atoms with Gasteiger partial charge in [-0.1, -0.05) is 0 Å². The number of aromatic nitrogens is 1. The number of aliphatic hydroxyl groups is 1. The van der Waals surface area contributed by atoms with Crippen LogP contribution in [-0.4, -0.2) is 22.3 Å². The van der Waals surface area contributed by atoms with Crippen molar-refractivity contribution in [2.24, 2.45) is 0 Å². The minimum atomic E-state index is -0.101. The van der Waals surface area contributed by atoms with E-state index >= 15 is 0 Å². The Kier molecular flexibility index (Phi) is 3.72. The summed E-state index contributed by atoms with van der Waals surface area (Å²) in [6.07, 6.45) is 5.85. The Morgan fingerprint density at radius 1 is 1.47 bits per heavy atom. The van der Waals surface area contributed by atoms with Gasteiger partial charge in [-0.05, 0) is 32.6 Å². The van der Waals surface area contributed by atoms with Crippen molar-refractivity contribution in [3.05, 3.63) is 16.1 Å². The maximum atomic E-state index is 9.35. The maximum absolute atomic E-state index is 9.35. The van der Waals surface area contributed by atoms with Gasteiger partial charge in [-0.3, -0.25) is 0 Å². The summed E-state index contributed by atoms with van der Waals surface area (Å²) < 4.78 is 5.79. The quantitative estimate of drug-likeness (QED) is 0.861. The van der Waals surface area contributed by atoms with Crippen molar-refractivity contribution >= 4 is 11.3 Å². The minimum absolute atomic E-state index is 0.101. The van der Waals surface area contributed by atoms with Gasteiger partial charge in [0.25, 0.3) is 0 Å². The normalized spacial score (nSPS) is 26.8. The van der Waals surface area contributed by atoms with Gasteiger partial charge < -0.3 is 9.84 Å². The van der Waals surface area contributed by atoms with Crippen LogP contribution in [0, 0.1) is 6.92 Å². The van der Waals surface area contributed by atoms with Gasteiger partial charge in [0.05, 0.1) is 28.7 Å². The highest BCUT2D eigenvalue weighted by atomic mass is 32.1. The van der Waals surface area contributed by atoms with Crippen molar-refractivity contribution in [3.63, 3.8) is 0 Å². The molecule has 3 nitrogen and oxygen atoms in total. The topological polar surface area (TPSA) is 42.4 Å². The van der Waals surface area contributed by atoms with E-state index in [0.717, 1.165) is 30.7 Å². The van der Waals surface area contributed by atoms with Crippen LogP contribution in [0.5, 0.6) is 0 Å². The van der Waals surface area contributed by atoms with E-state index in [0.29, 0.717) is 12.7 Å². The van der Waals surface area contributed by atoms with Gasteiger partial charge in [-0.15, -0.1) is 11.3 Å². The van der Waals surface area contributed by atoms with Crippen molar-refractivity contribution in [2.45, 2.75) is 51.4 Å². The summed E-state index contributed by atoms with van der Waals surface area (Å²) in [5.41, 5.74) is 0. The molecule has 2 rings (SSSR count). The van der Waals surface area contributed by atoms with E-state index in [9.17, 15) is 5.11 Å². The van der Waals surface area contributed by atoms with Crippen LogP contribution < -0.4 is 0 Å². The monoisotopic (exact) mass is 227 g/mol. The molecule has 0 aromatic carbocycles. The SMILES string of the molecule is Cc1ncc(COC2CCC(O)CC2)s1. The molecule has 4 heteroatoms. The molecule has 0 radical (unpaired) electrons. The van der Waals surface area contributed by atoms with Crippen molar-refractivity contribution in [1.29, 1.82) is 0 Å². The Bertz CT molecular complexity index is 305. The highest BCUT2D eigenvalue weighted by Crippen LogP contribution is 2.23. The van der Waals surface area contributed by atoms with Crippen molar-refractivity contribution in [2.75, 3.05) is 0 Å². The van der Waals surface area contributed by atoms with Crippen LogP contribution in [0.25, 0.3) is 0 Å². The number of aryl methyl sites for hydroxylation is 1. The first kappa shape index (κ1) is 11.0. The number of aliphatic hydroxyl groups excluding tert-OH is 1. The number of hydrogen-bond acceptors (Lipinski definition) is 4. The number of hydrogen-bond donors (Lipinski definition) is 1. The summed E-state index contributed by atoms with van der Waals surface area (Å²) in [5, 5.41) is 10.4. The second-order valence-electron chi connectivity index (χ2n) is 4.09. The van der Waals surface area contributed by atoms with Crippen LogP contribution in [0.1, 0.15) is 35.6 Å². The van der Waals surface area contributed by atoms with E-state index in [4.69, 9.17) is 4.74 Å². The lowest BCUT2D eigenvalue weighted by Gasteiger charge is -2.25. The van der Waals surface area contributed by atoms with Crippen LogP contribution in [0.15, 0.2) is 6.20 Å². The molecule has 1 aliphatic rings. The molecule has 1 aliphatic carbocycles. The first-order valence-corrected chi connectivity index (χ1v) is 6.26. The van der Waals surface area contributed by atoms with E-state index < -0.39 is 0 Å². The summed E-state index contributed by atoms with van der Waals surface area (Å²) in [4.78, 5) is 5.38. The molecule has 0 atom stereocenters. The van der Waals surface area contributed by atoms with Gasteiger partial charge in [-0.2, -0.15) is 0 Å². The van der Waals surface area contributed by atoms with E-state index in [1.807, 2.05) is 13.1 Å². The molecule has 1 fully saturated rings. The fraction of sp³-hybridized carbons (Fsp3) is 0.727. The highest BCUT2D eigenvalue weighted by molar-refractivity contribution is 7.11. The van der Waals surface area contributed by atoms with Gasteiger partial charge in [0, 0.05) is 6.20 Å².